The summed E-state index contributed by atoms with van der Waals surface area (Å²) in [6.07, 6.45) is 1.51. The number of piperazine rings is 1. The van der Waals surface area contributed by atoms with Gasteiger partial charge in [0.15, 0.2) is 11.6 Å². The number of rotatable bonds is 5. The molecule has 1 aliphatic heterocycles. The number of nitrogen functional groups attached to an aromatic ring is 1. The lowest BCUT2D eigenvalue weighted by atomic mass is 10.2. The topological polar surface area (TPSA) is 70.3 Å². The Morgan fingerprint density at radius 3 is 2.36 bits per heavy atom. The van der Waals surface area contributed by atoms with Crippen LogP contribution in [0.25, 0.3) is 0 Å². The maximum Gasteiger partial charge on any atom is 0.159 e. The van der Waals surface area contributed by atoms with Crippen LogP contribution in [-0.4, -0.2) is 41.0 Å². The largest absolute Gasteiger partial charge is 0.393 e. The highest BCUT2D eigenvalue weighted by molar-refractivity contribution is 5.78. The summed E-state index contributed by atoms with van der Waals surface area (Å²) in [5.74, 6) is 0.984. The van der Waals surface area contributed by atoms with E-state index < -0.39 is 0 Å². The Bertz CT molecular complexity index is 908. The Hall–Kier alpha value is -3.19. The van der Waals surface area contributed by atoms with Crippen LogP contribution in [0.15, 0.2) is 60.9 Å². The van der Waals surface area contributed by atoms with Gasteiger partial charge in [0.25, 0.3) is 0 Å². The van der Waals surface area contributed by atoms with Crippen molar-refractivity contribution in [3.8, 4) is 0 Å². The standard InChI is InChI=1S/C21H23FN6/c22-17-6-8-18(9-7-17)26-20-19(23)21(25-15-24-20)28-12-10-27(11-13-28)14-16-4-2-1-3-5-16/h1-9,15H,10-14,23H2,(H,24,25,26). The number of anilines is 4. The first-order chi connectivity index (χ1) is 13.7. The SMILES string of the molecule is Nc1c(Nc2ccc(F)cc2)ncnc1N1CCN(Cc2ccccc2)CC1. The molecule has 144 valence electrons. The zero-order chi connectivity index (χ0) is 19.3. The monoisotopic (exact) mass is 378 g/mol. The van der Waals surface area contributed by atoms with Crippen LogP contribution < -0.4 is 16.0 Å². The molecule has 28 heavy (non-hydrogen) atoms. The molecule has 1 fully saturated rings. The predicted octanol–water partition coefficient (Wildman–Crippen LogP) is 3.26. The predicted molar refractivity (Wildman–Crippen MR) is 110 cm³/mol. The van der Waals surface area contributed by atoms with E-state index in [0.717, 1.165) is 44.2 Å². The summed E-state index contributed by atoms with van der Waals surface area (Å²) in [6.45, 7) is 4.54. The first-order valence-electron chi connectivity index (χ1n) is 9.33. The number of halogens is 1. The summed E-state index contributed by atoms with van der Waals surface area (Å²) in [7, 11) is 0. The molecule has 0 atom stereocenters. The molecule has 0 bridgehead atoms. The number of hydrogen-bond acceptors (Lipinski definition) is 6. The van der Waals surface area contributed by atoms with Crippen molar-refractivity contribution < 1.29 is 4.39 Å². The fourth-order valence-electron chi connectivity index (χ4n) is 3.37. The van der Waals surface area contributed by atoms with Crippen molar-refractivity contribution >= 4 is 23.0 Å². The highest BCUT2D eigenvalue weighted by Crippen LogP contribution is 2.29. The normalized spacial score (nSPS) is 14.8. The maximum absolute atomic E-state index is 13.1. The highest BCUT2D eigenvalue weighted by atomic mass is 19.1. The first kappa shape index (κ1) is 18.2. The third-order valence-electron chi connectivity index (χ3n) is 4.89. The molecular formula is C21H23FN6. The van der Waals surface area contributed by atoms with Crippen LogP contribution in [0.4, 0.5) is 27.4 Å². The third kappa shape index (κ3) is 4.20. The summed E-state index contributed by atoms with van der Waals surface area (Å²) in [6, 6.07) is 16.6. The molecule has 6 nitrogen and oxygen atoms in total. The van der Waals surface area contributed by atoms with Gasteiger partial charge in [0.05, 0.1) is 0 Å². The Morgan fingerprint density at radius 1 is 0.929 bits per heavy atom. The lowest BCUT2D eigenvalue weighted by molar-refractivity contribution is 0.249. The summed E-state index contributed by atoms with van der Waals surface area (Å²) < 4.78 is 13.1. The average Bonchev–Trinajstić information content (AvgIpc) is 2.73. The van der Waals surface area contributed by atoms with Gasteiger partial charge in [-0.25, -0.2) is 14.4 Å². The van der Waals surface area contributed by atoms with Crippen LogP contribution in [0.5, 0.6) is 0 Å². The van der Waals surface area contributed by atoms with Crippen molar-refractivity contribution in [2.24, 2.45) is 0 Å². The molecule has 0 saturated carbocycles. The molecule has 1 aromatic heterocycles. The van der Waals surface area contributed by atoms with Crippen LogP contribution in [-0.2, 0) is 6.54 Å². The van der Waals surface area contributed by atoms with Crippen LogP contribution in [0.1, 0.15) is 5.56 Å². The number of nitrogens with two attached hydrogens (primary N) is 1. The van der Waals surface area contributed by atoms with Crippen molar-refractivity contribution in [2.45, 2.75) is 6.54 Å². The summed E-state index contributed by atoms with van der Waals surface area (Å²) in [5, 5.41) is 3.14. The van der Waals surface area contributed by atoms with Crippen molar-refractivity contribution in [2.75, 3.05) is 42.1 Å². The molecule has 4 rings (SSSR count). The summed E-state index contributed by atoms with van der Waals surface area (Å²) >= 11 is 0. The number of nitrogens with one attached hydrogen (secondary N) is 1. The van der Waals surface area contributed by atoms with Crippen LogP contribution in [0, 0.1) is 5.82 Å². The van der Waals surface area contributed by atoms with E-state index in [1.54, 1.807) is 12.1 Å². The minimum absolute atomic E-state index is 0.282. The zero-order valence-electron chi connectivity index (χ0n) is 15.6. The average molecular weight is 378 g/mol. The maximum atomic E-state index is 13.1. The Balaban J connectivity index is 1.41. The van der Waals surface area contributed by atoms with Crippen LogP contribution in [0.2, 0.25) is 0 Å². The molecule has 0 amide bonds. The Morgan fingerprint density at radius 2 is 1.64 bits per heavy atom. The van der Waals surface area contributed by atoms with E-state index in [0.29, 0.717) is 11.5 Å². The van der Waals surface area contributed by atoms with Gasteiger partial charge >= 0.3 is 0 Å². The van der Waals surface area contributed by atoms with Gasteiger partial charge in [0, 0.05) is 38.4 Å². The van der Waals surface area contributed by atoms with E-state index in [2.05, 4.69) is 49.4 Å². The third-order valence-corrected chi connectivity index (χ3v) is 4.89. The number of hydrogen-bond donors (Lipinski definition) is 2. The molecule has 1 aliphatic rings. The van der Waals surface area contributed by atoms with Crippen LogP contribution in [0.3, 0.4) is 0 Å². The fraction of sp³-hybridized carbons (Fsp3) is 0.238. The molecule has 3 aromatic rings. The Kier molecular flexibility index (Phi) is 5.34. The highest BCUT2D eigenvalue weighted by Gasteiger charge is 2.21. The lowest BCUT2D eigenvalue weighted by Crippen LogP contribution is -2.46. The second-order valence-electron chi connectivity index (χ2n) is 6.84. The van der Waals surface area contributed by atoms with E-state index in [1.807, 2.05) is 6.07 Å². The smallest absolute Gasteiger partial charge is 0.159 e. The molecule has 0 unspecified atom stereocenters. The minimum Gasteiger partial charge on any atom is -0.393 e. The molecule has 2 aromatic carbocycles. The molecular weight excluding hydrogens is 355 g/mol. The molecule has 0 spiro atoms. The van der Waals surface area contributed by atoms with Crippen LogP contribution >= 0.6 is 0 Å². The summed E-state index contributed by atoms with van der Waals surface area (Å²) in [5.41, 5.74) is 8.89. The lowest BCUT2D eigenvalue weighted by Gasteiger charge is -2.36. The second kappa shape index (κ2) is 8.22. The molecule has 2 heterocycles. The van der Waals surface area contributed by atoms with Gasteiger partial charge in [0.1, 0.15) is 17.8 Å². The molecule has 1 saturated heterocycles. The van der Waals surface area contributed by atoms with Crippen molar-refractivity contribution in [3.63, 3.8) is 0 Å². The van der Waals surface area contributed by atoms with Crippen molar-refractivity contribution in [1.82, 2.24) is 14.9 Å². The number of aromatic nitrogens is 2. The summed E-state index contributed by atoms with van der Waals surface area (Å²) in [4.78, 5) is 13.3. The van der Waals surface area contributed by atoms with Gasteiger partial charge in [-0.1, -0.05) is 30.3 Å². The van der Waals surface area contributed by atoms with Gasteiger partial charge in [-0.05, 0) is 29.8 Å². The minimum atomic E-state index is -0.282. The Labute approximate surface area is 163 Å². The first-order valence-corrected chi connectivity index (χ1v) is 9.33. The number of benzene rings is 2. The fourth-order valence-corrected chi connectivity index (χ4v) is 3.37. The number of nitrogens with zero attached hydrogens (tertiary/aromatic N) is 4. The van der Waals surface area contributed by atoms with Gasteiger partial charge < -0.3 is 16.0 Å². The zero-order valence-corrected chi connectivity index (χ0v) is 15.6. The van der Waals surface area contributed by atoms with Gasteiger partial charge in [-0.2, -0.15) is 0 Å². The van der Waals surface area contributed by atoms with E-state index in [4.69, 9.17) is 5.73 Å². The van der Waals surface area contributed by atoms with Gasteiger partial charge in [-0.15, -0.1) is 0 Å². The van der Waals surface area contributed by atoms with Crippen molar-refractivity contribution in [3.05, 3.63) is 72.3 Å². The molecule has 3 N–H and O–H groups in total. The molecule has 7 heteroatoms. The molecule has 0 radical (unpaired) electrons. The molecule has 0 aliphatic carbocycles. The van der Waals surface area contributed by atoms with E-state index in [-0.39, 0.29) is 5.82 Å². The van der Waals surface area contributed by atoms with Gasteiger partial charge in [-0.3, -0.25) is 4.90 Å². The van der Waals surface area contributed by atoms with E-state index in [1.165, 1.54) is 24.0 Å². The van der Waals surface area contributed by atoms with E-state index in [9.17, 15) is 4.39 Å². The quantitative estimate of drug-likeness (QED) is 0.710. The second-order valence-corrected chi connectivity index (χ2v) is 6.84. The van der Waals surface area contributed by atoms with E-state index >= 15 is 0 Å². The van der Waals surface area contributed by atoms with Gasteiger partial charge in [0.2, 0.25) is 0 Å². The van der Waals surface area contributed by atoms with Crippen molar-refractivity contribution in [1.29, 1.82) is 0 Å².